The number of anilines is 1. The van der Waals surface area contributed by atoms with Crippen LogP contribution in [0, 0.1) is 12.7 Å². The quantitative estimate of drug-likeness (QED) is 0.596. The second-order valence-corrected chi connectivity index (χ2v) is 3.29. The van der Waals surface area contributed by atoms with Crippen molar-refractivity contribution in [2.24, 2.45) is 0 Å². The number of aryl methyl sites for hydroxylation is 1. The third-order valence-electron chi connectivity index (χ3n) is 1.59. The van der Waals surface area contributed by atoms with Gasteiger partial charge in [-0.25, -0.2) is 4.39 Å². The molecule has 2 N–H and O–H groups in total. The second-order valence-electron chi connectivity index (χ2n) is 2.43. The monoisotopic (exact) mass is 231 g/mol. The van der Waals surface area contributed by atoms with Crippen molar-refractivity contribution in [2.75, 3.05) is 5.73 Å². The Morgan fingerprint density at radius 3 is 2.75 bits per heavy atom. The van der Waals surface area contributed by atoms with Crippen LogP contribution in [0.25, 0.3) is 0 Å². The molecule has 0 radical (unpaired) electrons. The van der Waals surface area contributed by atoms with Gasteiger partial charge in [-0.05, 0) is 34.5 Å². The molecule has 0 fully saturated rings. The molecule has 0 amide bonds. The zero-order chi connectivity index (χ0) is 9.30. The summed E-state index contributed by atoms with van der Waals surface area (Å²) >= 11 is 3.11. The molecule has 0 aliphatic heterocycles. The fourth-order valence-corrected chi connectivity index (χ4v) is 1.56. The number of nitrogens with two attached hydrogens (primary N) is 1. The second kappa shape index (κ2) is 3.23. The van der Waals surface area contributed by atoms with E-state index in [0.29, 0.717) is 16.3 Å². The lowest BCUT2D eigenvalue weighted by atomic mass is 10.1. The lowest BCUT2D eigenvalue weighted by Gasteiger charge is -2.05. The number of hydrogen-bond donors (Lipinski definition) is 1. The first-order chi connectivity index (χ1) is 5.57. The Balaban J connectivity index is 3.51. The topological polar surface area (TPSA) is 43.1 Å². The molecule has 0 unspecified atom stereocenters. The van der Waals surface area contributed by atoms with E-state index in [1.807, 2.05) is 0 Å². The molecule has 0 atom stereocenters. The van der Waals surface area contributed by atoms with E-state index in [-0.39, 0.29) is 11.3 Å². The smallest absolute Gasteiger partial charge is 0.153 e. The lowest BCUT2D eigenvalue weighted by molar-refractivity contribution is 0.112. The standard InChI is InChI=1S/C8H7BrFNO/c1-4-2-6(9)5(3-12)8(11)7(4)10/h2-3H,11H2,1H3. The van der Waals surface area contributed by atoms with Gasteiger partial charge in [0.2, 0.25) is 0 Å². The summed E-state index contributed by atoms with van der Waals surface area (Å²) in [5.74, 6) is -0.528. The molecular formula is C8H7BrFNO. The molecule has 1 rings (SSSR count). The number of carbonyl (C=O) groups is 1. The van der Waals surface area contributed by atoms with Gasteiger partial charge in [0.05, 0.1) is 11.3 Å². The number of rotatable bonds is 1. The van der Waals surface area contributed by atoms with Gasteiger partial charge in [-0.2, -0.15) is 0 Å². The summed E-state index contributed by atoms with van der Waals surface area (Å²) < 4.78 is 13.6. The van der Waals surface area contributed by atoms with E-state index < -0.39 is 5.82 Å². The molecule has 4 heteroatoms. The molecule has 0 bridgehead atoms. The molecule has 64 valence electrons. The van der Waals surface area contributed by atoms with Gasteiger partial charge >= 0.3 is 0 Å². The van der Waals surface area contributed by atoms with Crippen LogP contribution < -0.4 is 5.73 Å². The summed E-state index contributed by atoms with van der Waals surface area (Å²) in [6.07, 6.45) is 0.530. The molecule has 1 aromatic rings. The Morgan fingerprint density at radius 1 is 1.67 bits per heavy atom. The van der Waals surface area contributed by atoms with Crippen molar-refractivity contribution in [1.82, 2.24) is 0 Å². The number of benzene rings is 1. The van der Waals surface area contributed by atoms with Gasteiger partial charge in [-0.3, -0.25) is 4.79 Å². The van der Waals surface area contributed by atoms with Crippen molar-refractivity contribution in [3.8, 4) is 0 Å². The molecule has 2 nitrogen and oxygen atoms in total. The fourth-order valence-electron chi connectivity index (χ4n) is 0.910. The lowest BCUT2D eigenvalue weighted by Crippen LogP contribution is -2.00. The first kappa shape index (κ1) is 9.19. The maximum atomic E-state index is 13.1. The third kappa shape index (κ3) is 1.34. The summed E-state index contributed by atoms with van der Waals surface area (Å²) in [5, 5.41) is 0. The number of nitrogen functional groups attached to an aromatic ring is 1. The fraction of sp³-hybridized carbons (Fsp3) is 0.125. The summed E-state index contributed by atoms with van der Waals surface area (Å²) in [6.45, 7) is 1.59. The molecular weight excluding hydrogens is 225 g/mol. The van der Waals surface area contributed by atoms with Gasteiger partial charge in [-0.15, -0.1) is 0 Å². The van der Waals surface area contributed by atoms with Crippen molar-refractivity contribution in [3.05, 3.63) is 27.5 Å². The molecule has 0 aromatic heterocycles. The Morgan fingerprint density at radius 2 is 2.25 bits per heavy atom. The van der Waals surface area contributed by atoms with Gasteiger partial charge in [0.1, 0.15) is 5.82 Å². The average molecular weight is 232 g/mol. The van der Waals surface area contributed by atoms with Crippen LogP contribution in [0.5, 0.6) is 0 Å². The van der Waals surface area contributed by atoms with Crippen LogP contribution in [-0.4, -0.2) is 6.29 Å². The zero-order valence-electron chi connectivity index (χ0n) is 6.40. The third-order valence-corrected chi connectivity index (χ3v) is 2.25. The van der Waals surface area contributed by atoms with Gasteiger partial charge in [-0.1, -0.05) is 0 Å². The number of carbonyl (C=O) groups excluding carboxylic acids is 1. The maximum absolute atomic E-state index is 13.1. The Bertz CT molecular complexity index is 338. The normalized spacial score (nSPS) is 9.92. The van der Waals surface area contributed by atoms with Crippen molar-refractivity contribution in [2.45, 2.75) is 6.92 Å². The van der Waals surface area contributed by atoms with Gasteiger partial charge in [0, 0.05) is 4.47 Å². The molecule has 0 spiro atoms. The van der Waals surface area contributed by atoms with Crippen molar-refractivity contribution < 1.29 is 9.18 Å². The first-order valence-corrected chi connectivity index (χ1v) is 4.06. The summed E-state index contributed by atoms with van der Waals surface area (Å²) in [4.78, 5) is 10.4. The Labute approximate surface area is 77.7 Å². The van der Waals surface area contributed by atoms with Crippen LogP contribution in [0.1, 0.15) is 15.9 Å². The molecule has 0 heterocycles. The highest BCUT2D eigenvalue weighted by Crippen LogP contribution is 2.26. The Kier molecular flexibility index (Phi) is 2.47. The highest BCUT2D eigenvalue weighted by atomic mass is 79.9. The predicted molar refractivity (Wildman–Crippen MR) is 48.6 cm³/mol. The molecule has 0 saturated carbocycles. The van der Waals surface area contributed by atoms with E-state index in [0.717, 1.165) is 0 Å². The summed E-state index contributed by atoms with van der Waals surface area (Å²) in [5.41, 5.74) is 5.84. The van der Waals surface area contributed by atoms with Crippen LogP contribution in [0.3, 0.4) is 0 Å². The summed E-state index contributed by atoms with van der Waals surface area (Å²) in [7, 11) is 0. The number of hydrogen-bond acceptors (Lipinski definition) is 2. The number of halogens is 2. The SMILES string of the molecule is Cc1cc(Br)c(C=O)c(N)c1F. The van der Waals surface area contributed by atoms with E-state index >= 15 is 0 Å². The minimum Gasteiger partial charge on any atom is -0.396 e. The van der Waals surface area contributed by atoms with Crippen molar-refractivity contribution >= 4 is 27.9 Å². The molecule has 12 heavy (non-hydrogen) atoms. The van der Waals surface area contributed by atoms with Gasteiger partial charge in [0.25, 0.3) is 0 Å². The molecule has 0 aliphatic rings. The van der Waals surface area contributed by atoms with Crippen LogP contribution in [0.15, 0.2) is 10.5 Å². The largest absolute Gasteiger partial charge is 0.396 e. The molecule has 1 aromatic carbocycles. The van der Waals surface area contributed by atoms with E-state index in [9.17, 15) is 9.18 Å². The minimum absolute atomic E-state index is 0.100. The Hall–Kier alpha value is -0.900. The highest BCUT2D eigenvalue weighted by molar-refractivity contribution is 9.10. The molecule has 0 aliphatic carbocycles. The van der Waals surface area contributed by atoms with Gasteiger partial charge < -0.3 is 5.73 Å². The van der Waals surface area contributed by atoms with E-state index in [1.165, 1.54) is 6.07 Å². The first-order valence-electron chi connectivity index (χ1n) is 3.27. The van der Waals surface area contributed by atoms with E-state index in [2.05, 4.69) is 15.9 Å². The summed E-state index contributed by atoms with van der Waals surface area (Å²) in [6, 6.07) is 1.52. The van der Waals surface area contributed by atoms with Crippen LogP contribution >= 0.6 is 15.9 Å². The maximum Gasteiger partial charge on any atom is 0.153 e. The van der Waals surface area contributed by atoms with Gasteiger partial charge in [0.15, 0.2) is 6.29 Å². The van der Waals surface area contributed by atoms with Crippen LogP contribution in [-0.2, 0) is 0 Å². The van der Waals surface area contributed by atoms with Crippen LogP contribution in [0.2, 0.25) is 0 Å². The zero-order valence-corrected chi connectivity index (χ0v) is 7.98. The van der Waals surface area contributed by atoms with Crippen molar-refractivity contribution in [3.63, 3.8) is 0 Å². The average Bonchev–Trinajstić information content (AvgIpc) is 2.01. The minimum atomic E-state index is -0.528. The van der Waals surface area contributed by atoms with Crippen LogP contribution in [0.4, 0.5) is 10.1 Å². The highest BCUT2D eigenvalue weighted by Gasteiger charge is 2.11. The predicted octanol–water partition coefficient (Wildman–Crippen LogP) is 2.29. The molecule has 0 saturated heterocycles. The van der Waals surface area contributed by atoms with E-state index in [1.54, 1.807) is 6.92 Å². The van der Waals surface area contributed by atoms with E-state index in [4.69, 9.17) is 5.73 Å². The number of aldehydes is 1. The van der Waals surface area contributed by atoms with Crippen molar-refractivity contribution in [1.29, 1.82) is 0 Å².